The van der Waals surface area contributed by atoms with E-state index in [2.05, 4.69) is 11.0 Å². The van der Waals surface area contributed by atoms with E-state index in [9.17, 15) is 18.0 Å². The normalized spacial score (nSPS) is 22.1. The fourth-order valence-corrected chi connectivity index (χ4v) is 6.49. The SMILES string of the molecule is CCC1COC(=O)N1c1ccc(C(=O)N2CCN(c3ncc(C4CC4)cc3C3CC3)CC2)c(S(C)(=O)=O)c1. The topological polar surface area (TPSA) is 100 Å². The van der Waals surface area contributed by atoms with Crippen molar-refractivity contribution < 1.29 is 22.7 Å². The van der Waals surface area contributed by atoms with E-state index in [1.807, 2.05) is 13.1 Å². The molecule has 2 saturated carbocycles. The first-order chi connectivity index (χ1) is 18.2. The molecule has 4 aliphatic rings. The molecule has 38 heavy (non-hydrogen) atoms. The van der Waals surface area contributed by atoms with Crippen molar-refractivity contribution in [2.24, 2.45) is 0 Å². The van der Waals surface area contributed by atoms with Gasteiger partial charge in [0.1, 0.15) is 12.4 Å². The zero-order valence-electron chi connectivity index (χ0n) is 21.9. The Morgan fingerprint density at radius 2 is 1.76 bits per heavy atom. The number of carbonyl (C=O) groups is 2. The predicted octanol–water partition coefficient (Wildman–Crippen LogP) is 3.94. The Hall–Kier alpha value is -3.14. The first-order valence-electron chi connectivity index (χ1n) is 13.6. The van der Waals surface area contributed by atoms with Crippen LogP contribution in [0.5, 0.6) is 0 Å². The summed E-state index contributed by atoms with van der Waals surface area (Å²) in [6.45, 7) is 4.46. The minimum Gasteiger partial charge on any atom is -0.447 e. The van der Waals surface area contributed by atoms with Gasteiger partial charge in [-0.05, 0) is 73.3 Å². The van der Waals surface area contributed by atoms with E-state index in [0.29, 0.717) is 50.1 Å². The molecular weight excluding hydrogens is 504 g/mol. The number of hydrogen-bond acceptors (Lipinski definition) is 7. The minimum atomic E-state index is -3.73. The zero-order chi connectivity index (χ0) is 26.6. The highest BCUT2D eigenvalue weighted by Gasteiger charge is 2.36. The lowest BCUT2D eigenvalue weighted by Crippen LogP contribution is -2.49. The van der Waals surface area contributed by atoms with Gasteiger partial charge in [0.2, 0.25) is 0 Å². The molecule has 0 bridgehead atoms. The molecule has 2 saturated heterocycles. The maximum Gasteiger partial charge on any atom is 0.414 e. The van der Waals surface area contributed by atoms with Crippen LogP contribution in [0.3, 0.4) is 0 Å². The maximum absolute atomic E-state index is 13.6. The monoisotopic (exact) mass is 538 g/mol. The van der Waals surface area contributed by atoms with Crippen LogP contribution in [0.25, 0.3) is 0 Å². The summed E-state index contributed by atoms with van der Waals surface area (Å²) in [5.74, 6) is 1.98. The van der Waals surface area contributed by atoms with Crippen LogP contribution in [0.1, 0.15) is 72.3 Å². The molecule has 2 aromatic rings. The number of carbonyl (C=O) groups excluding carboxylic acids is 2. The molecular formula is C28H34N4O5S. The van der Waals surface area contributed by atoms with Gasteiger partial charge in [-0.1, -0.05) is 13.0 Å². The van der Waals surface area contributed by atoms with Gasteiger partial charge in [0, 0.05) is 44.3 Å². The van der Waals surface area contributed by atoms with E-state index in [-0.39, 0.29) is 29.0 Å². The van der Waals surface area contributed by atoms with Crippen molar-refractivity contribution in [3.63, 3.8) is 0 Å². The van der Waals surface area contributed by atoms with Crippen molar-refractivity contribution in [2.45, 2.75) is 61.8 Å². The van der Waals surface area contributed by atoms with Crippen molar-refractivity contribution >= 4 is 33.3 Å². The third-order valence-corrected chi connectivity index (χ3v) is 9.29. The number of rotatable bonds is 7. The lowest BCUT2D eigenvalue weighted by Gasteiger charge is -2.36. The Morgan fingerprint density at radius 1 is 1.05 bits per heavy atom. The van der Waals surface area contributed by atoms with Gasteiger partial charge in [-0.3, -0.25) is 9.69 Å². The first-order valence-corrected chi connectivity index (χ1v) is 15.5. The number of ether oxygens (including phenoxy) is 1. The third kappa shape index (κ3) is 4.74. The Balaban J connectivity index is 1.21. The summed E-state index contributed by atoms with van der Waals surface area (Å²) >= 11 is 0. The summed E-state index contributed by atoms with van der Waals surface area (Å²) in [7, 11) is -3.73. The number of sulfone groups is 1. The molecule has 2 amide bonds. The maximum atomic E-state index is 13.6. The van der Waals surface area contributed by atoms with Crippen LogP contribution in [0, 0.1) is 0 Å². The fraction of sp³-hybridized carbons (Fsp3) is 0.536. The molecule has 10 heteroatoms. The predicted molar refractivity (Wildman–Crippen MR) is 144 cm³/mol. The van der Waals surface area contributed by atoms with Crippen molar-refractivity contribution in [3.8, 4) is 0 Å². The molecule has 4 fully saturated rings. The van der Waals surface area contributed by atoms with Crippen LogP contribution in [0.15, 0.2) is 35.4 Å². The highest BCUT2D eigenvalue weighted by Crippen LogP contribution is 2.47. The molecule has 3 heterocycles. The summed E-state index contributed by atoms with van der Waals surface area (Å²) in [5.41, 5.74) is 3.26. The van der Waals surface area contributed by atoms with E-state index in [0.717, 1.165) is 12.1 Å². The minimum absolute atomic E-state index is 0.0645. The number of nitrogens with zero attached hydrogens (tertiary/aromatic N) is 4. The zero-order valence-corrected chi connectivity index (χ0v) is 22.7. The van der Waals surface area contributed by atoms with E-state index >= 15 is 0 Å². The summed E-state index contributed by atoms with van der Waals surface area (Å²) in [6.07, 6.45) is 8.21. The number of pyridine rings is 1. The molecule has 1 aromatic heterocycles. The fourth-order valence-electron chi connectivity index (χ4n) is 5.60. The number of cyclic esters (lactones) is 1. The van der Waals surface area contributed by atoms with Crippen LogP contribution in [0.2, 0.25) is 0 Å². The Kier molecular flexibility index (Phi) is 6.32. The van der Waals surface area contributed by atoms with E-state index in [1.165, 1.54) is 53.8 Å². The molecule has 2 aliphatic heterocycles. The van der Waals surface area contributed by atoms with Gasteiger partial charge >= 0.3 is 6.09 Å². The van der Waals surface area contributed by atoms with E-state index in [4.69, 9.17) is 9.72 Å². The highest BCUT2D eigenvalue weighted by molar-refractivity contribution is 7.90. The number of amides is 2. The second-order valence-corrected chi connectivity index (χ2v) is 13.0. The summed E-state index contributed by atoms with van der Waals surface area (Å²) in [4.78, 5) is 36.1. The van der Waals surface area contributed by atoms with Crippen LogP contribution < -0.4 is 9.80 Å². The number of aromatic nitrogens is 1. The number of hydrogen-bond donors (Lipinski definition) is 0. The van der Waals surface area contributed by atoms with Crippen molar-refractivity contribution in [3.05, 3.63) is 47.2 Å². The largest absolute Gasteiger partial charge is 0.447 e. The van der Waals surface area contributed by atoms with Gasteiger partial charge in [0.25, 0.3) is 5.91 Å². The van der Waals surface area contributed by atoms with Gasteiger partial charge in [0.15, 0.2) is 9.84 Å². The van der Waals surface area contributed by atoms with Crippen molar-refractivity contribution in [1.82, 2.24) is 9.88 Å². The third-order valence-electron chi connectivity index (χ3n) is 8.15. The van der Waals surface area contributed by atoms with E-state index < -0.39 is 15.9 Å². The molecule has 6 rings (SSSR count). The lowest BCUT2D eigenvalue weighted by atomic mass is 10.1. The molecule has 0 spiro atoms. The Morgan fingerprint density at radius 3 is 2.39 bits per heavy atom. The summed E-state index contributed by atoms with van der Waals surface area (Å²) in [6, 6.07) is 6.79. The average molecular weight is 539 g/mol. The summed E-state index contributed by atoms with van der Waals surface area (Å²) < 4.78 is 30.7. The lowest BCUT2D eigenvalue weighted by molar-refractivity contribution is 0.0742. The molecule has 2 aliphatic carbocycles. The highest BCUT2D eigenvalue weighted by atomic mass is 32.2. The molecule has 202 valence electrons. The molecule has 9 nitrogen and oxygen atoms in total. The van der Waals surface area contributed by atoms with Gasteiger partial charge in [0.05, 0.1) is 16.5 Å². The number of anilines is 2. The average Bonchev–Trinajstić information content (AvgIpc) is 3.84. The summed E-state index contributed by atoms with van der Waals surface area (Å²) in [5, 5.41) is 0. The van der Waals surface area contributed by atoms with Crippen LogP contribution >= 0.6 is 0 Å². The second-order valence-electron chi connectivity index (χ2n) is 11.0. The van der Waals surface area contributed by atoms with Crippen molar-refractivity contribution in [1.29, 1.82) is 0 Å². The first kappa shape index (κ1) is 25.2. The Labute approximate surface area is 223 Å². The standard InChI is InChI=1S/C28H34N4O5S/c1-3-21-17-37-28(34)32(21)22-8-9-23(25(15-22)38(2,35)36)27(33)31-12-10-30(11-13-31)26-24(19-6-7-19)14-20(16-29-26)18-4-5-18/h8-9,14-16,18-19,21H,3-7,10-13,17H2,1-2H3. The quantitative estimate of drug-likeness (QED) is 0.526. The smallest absolute Gasteiger partial charge is 0.414 e. The Bertz CT molecular complexity index is 1380. The molecule has 1 atom stereocenters. The van der Waals surface area contributed by atoms with Gasteiger partial charge < -0.3 is 14.5 Å². The van der Waals surface area contributed by atoms with Crippen LogP contribution in [-0.4, -0.2) is 75.4 Å². The molecule has 0 N–H and O–H groups in total. The number of piperazine rings is 1. The van der Waals surface area contributed by atoms with Gasteiger partial charge in [-0.25, -0.2) is 18.2 Å². The van der Waals surface area contributed by atoms with Gasteiger partial charge in [-0.2, -0.15) is 0 Å². The molecule has 1 unspecified atom stereocenters. The molecule has 0 radical (unpaired) electrons. The van der Waals surface area contributed by atoms with Crippen molar-refractivity contribution in [2.75, 3.05) is 48.8 Å². The van der Waals surface area contributed by atoms with Crippen LogP contribution in [-0.2, 0) is 14.6 Å². The van der Waals surface area contributed by atoms with Gasteiger partial charge in [-0.15, -0.1) is 0 Å². The molecule has 1 aromatic carbocycles. The number of benzene rings is 1. The second kappa shape index (κ2) is 9.55. The van der Waals surface area contributed by atoms with E-state index in [1.54, 1.807) is 11.0 Å². The van der Waals surface area contributed by atoms with Crippen LogP contribution in [0.4, 0.5) is 16.3 Å².